The Bertz CT molecular complexity index is 547. The number of nitrogens with zero attached hydrogens (tertiary/aromatic N) is 1. The van der Waals surface area contributed by atoms with Crippen LogP contribution in [-0.4, -0.2) is 12.1 Å². The second-order valence-corrected chi connectivity index (χ2v) is 4.39. The summed E-state index contributed by atoms with van der Waals surface area (Å²) < 4.78 is 5.22. The third-order valence-corrected chi connectivity index (χ3v) is 3.23. The molecule has 3 heteroatoms. The van der Waals surface area contributed by atoms with Crippen LogP contribution in [0, 0.1) is 0 Å². The van der Waals surface area contributed by atoms with Gasteiger partial charge in [-0.3, -0.25) is 0 Å². The lowest BCUT2D eigenvalue weighted by atomic mass is 10.0. The van der Waals surface area contributed by atoms with Crippen molar-refractivity contribution in [3.63, 3.8) is 0 Å². The maximum atomic E-state index is 6.27. The van der Waals surface area contributed by atoms with Gasteiger partial charge in [-0.25, -0.2) is 4.98 Å². The number of methoxy groups -OCH3 is 1. The van der Waals surface area contributed by atoms with E-state index in [2.05, 4.69) is 11.1 Å². The van der Waals surface area contributed by atoms with Gasteiger partial charge in [-0.15, -0.1) is 0 Å². The first-order valence-corrected chi connectivity index (χ1v) is 5.46. The number of ether oxygens (including phenoxy) is 1. The van der Waals surface area contributed by atoms with Crippen LogP contribution in [0.4, 0.5) is 0 Å². The molecule has 1 fully saturated rings. The quantitative estimate of drug-likeness (QED) is 0.833. The fraction of sp³-hybridized carbons (Fsp3) is 0.308. The Kier molecular flexibility index (Phi) is 1.91. The second-order valence-electron chi connectivity index (χ2n) is 4.39. The first-order chi connectivity index (χ1) is 7.73. The van der Waals surface area contributed by atoms with Gasteiger partial charge in [0.2, 0.25) is 5.88 Å². The molecule has 0 saturated heterocycles. The molecule has 0 bridgehead atoms. The molecule has 3 rings (SSSR count). The summed E-state index contributed by atoms with van der Waals surface area (Å²) in [5.41, 5.74) is 8.23. The van der Waals surface area contributed by atoms with Crippen LogP contribution in [0.25, 0.3) is 10.9 Å². The van der Waals surface area contributed by atoms with Crippen LogP contribution in [-0.2, 0) is 5.54 Å². The summed E-state index contributed by atoms with van der Waals surface area (Å²) in [4.78, 5) is 4.42. The van der Waals surface area contributed by atoms with Crippen molar-refractivity contribution in [2.45, 2.75) is 18.4 Å². The molecule has 16 heavy (non-hydrogen) atoms. The van der Waals surface area contributed by atoms with Crippen molar-refractivity contribution in [3.8, 4) is 5.88 Å². The Balaban J connectivity index is 2.31. The van der Waals surface area contributed by atoms with Crippen LogP contribution >= 0.6 is 0 Å². The van der Waals surface area contributed by atoms with Gasteiger partial charge in [-0.1, -0.05) is 18.2 Å². The zero-order valence-electron chi connectivity index (χ0n) is 9.23. The second kappa shape index (κ2) is 3.19. The van der Waals surface area contributed by atoms with Gasteiger partial charge in [0.15, 0.2) is 0 Å². The van der Waals surface area contributed by atoms with Gasteiger partial charge in [0.1, 0.15) is 0 Å². The number of para-hydroxylation sites is 1. The highest BCUT2D eigenvalue weighted by Gasteiger charge is 2.41. The van der Waals surface area contributed by atoms with E-state index in [1.54, 1.807) is 7.11 Å². The predicted octanol–water partition coefficient (Wildman–Crippen LogP) is 2.19. The van der Waals surface area contributed by atoms with Crippen molar-refractivity contribution in [3.05, 3.63) is 35.9 Å². The summed E-state index contributed by atoms with van der Waals surface area (Å²) in [6, 6.07) is 10.0. The van der Waals surface area contributed by atoms with Crippen molar-refractivity contribution in [1.82, 2.24) is 4.98 Å². The van der Waals surface area contributed by atoms with E-state index < -0.39 is 0 Å². The highest BCUT2D eigenvalue weighted by atomic mass is 16.5. The van der Waals surface area contributed by atoms with Crippen LogP contribution in [0.2, 0.25) is 0 Å². The molecule has 1 aliphatic rings. The lowest BCUT2D eigenvalue weighted by molar-refractivity contribution is 0.398. The molecule has 2 N–H and O–H groups in total. The first kappa shape index (κ1) is 9.60. The highest BCUT2D eigenvalue weighted by molar-refractivity contribution is 5.84. The predicted molar refractivity (Wildman–Crippen MR) is 63.4 cm³/mol. The van der Waals surface area contributed by atoms with Crippen LogP contribution in [0.15, 0.2) is 30.3 Å². The third kappa shape index (κ3) is 1.36. The van der Waals surface area contributed by atoms with E-state index in [1.165, 1.54) is 0 Å². The van der Waals surface area contributed by atoms with Crippen molar-refractivity contribution in [2.24, 2.45) is 5.73 Å². The third-order valence-electron chi connectivity index (χ3n) is 3.23. The minimum atomic E-state index is -0.157. The van der Waals surface area contributed by atoms with Crippen molar-refractivity contribution in [2.75, 3.05) is 7.11 Å². The summed E-state index contributed by atoms with van der Waals surface area (Å²) >= 11 is 0. The molecule has 0 atom stereocenters. The summed E-state index contributed by atoms with van der Waals surface area (Å²) in [5.74, 6) is 0.644. The van der Waals surface area contributed by atoms with E-state index in [-0.39, 0.29) is 5.54 Å². The number of hydrogen-bond acceptors (Lipinski definition) is 3. The fourth-order valence-electron chi connectivity index (χ4n) is 2.07. The lowest BCUT2D eigenvalue weighted by Crippen LogP contribution is -2.19. The summed E-state index contributed by atoms with van der Waals surface area (Å²) in [6.07, 6.45) is 2.09. The Morgan fingerprint density at radius 3 is 2.75 bits per heavy atom. The lowest BCUT2D eigenvalue weighted by Gasteiger charge is -2.13. The normalized spacial score (nSPS) is 17.4. The van der Waals surface area contributed by atoms with Gasteiger partial charge >= 0.3 is 0 Å². The van der Waals surface area contributed by atoms with E-state index in [1.807, 2.05) is 24.3 Å². The van der Waals surface area contributed by atoms with E-state index in [0.29, 0.717) is 5.88 Å². The average molecular weight is 214 g/mol. The molecule has 2 aromatic rings. The van der Waals surface area contributed by atoms with Gasteiger partial charge < -0.3 is 10.5 Å². The fourth-order valence-corrected chi connectivity index (χ4v) is 2.07. The van der Waals surface area contributed by atoms with Crippen LogP contribution in [0.5, 0.6) is 5.88 Å². The van der Waals surface area contributed by atoms with E-state index >= 15 is 0 Å². The number of rotatable bonds is 2. The number of aromatic nitrogens is 1. The standard InChI is InChI=1S/C13H14N2O/c1-16-12-8-10(13(14)6-7-13)9-4-2-3-5-11(9)15-12/h2-5,8H,6-7,14H2,1H3. The van der Waals surface area contributed by atoms with Crippen LogP contribution in [0.1, 0.15) is 18.4 Å². The maximum Gasteiger partial charge on any atom is 0.213 e. The number of benzene rings is 1. The van der Waals surface area contributed by atoms with Crippen LogP contribution in [0.3, 0.4) is 0 Å². The van der Waals surface area contributed by atoms with Crippen molar-refractivity contribution < 1.29 is 4.74 Å². The smallest absolute Gasteiger partial charge is 0.213 e. The SMILES string of the molecule is COc1cc(C2(N)CC2)c2ccccc2n1. The molecule has 0 spiro atoms. The molecule has 0 radical (unpaired) electrons. The maximum absolute atomic E-state index is 6.27. The van der Waals surface area contributed by atoms with E-state index in [0.717, 1.165) is 29.3 Å². The Labute approximate surface area is 94.2 Å². The molecule has 0 amide bonds. The number of pyridine rings is 1. The molecule has 1 heterocycles. The van der Waals surface area contributed by atoms with Crippen molar-refractivity contribution in [1.29, 1.82) is 0 Å². The molecule has 1 aromatic carbocycles. The molecule has 82 valence electrons. The molecule has 1 saturated carbocycles. The molecule has 1 aliphatic carbocycles. The van der Waals surface area contributed by atoms with E-state index in [4.69, 9.17) is 10.5 Å². The van der Waals surface area contributed by atoms with E-state index in [9.17, 15) is 0 Å². The summed E-state index contributed by atoms with van der Waals surface area (Å²) in [7, 11) is 1.64. The summed E-state index contributed by atoms with van der Waals surface area (Å²) in [5, 5.41) is 1.14. The van der Waals surface area contributed by atoms with Crippen LogP contribution < -0.4 is 10.5 Å². The molecular weight excluding hydrogens is 200 g/mol. The molecule has 1 aromatic heterocycles. The largest absolute Gasteiger partial charge is 0.481 e. The summed E-state index contributed by atoms with van der Waals surface area (Å²) in [6.45, 7) is 0. The van der Waals surface area contributed by atoms with Gasteiger partial charge in [0, 0.05) is 17.0 Å². The highest BCUT2D eigenvalue weighted by Crippen LogP contribution is 2.45. The molecule has 0 aliphatic heterocycles. The van der Waals surface area contributed by atoms with Gasteiger partial charge in [-0.2, -0.15) is 0 Å². The zero-order valence-corrected chi connectivity index (χ0v) is 9.23. The van der Waals surface area contributed by atoms with Gasteiger partial charge in [-0.05, 0) is 24.5 Å². The topological polar surface area (TPSA) is 48.1 Å². The first-order valence-electron chi connectivity index (χ1n) is 5.46. The van der Waals surface area contributed by atoms with Crippen molar-refractivity contribution >= 4 is 10.9 Å². The number of fused-ring (bicyclic) bond motifs is 1. The monoisotopic (exact) mass is 214 g/mol. The average Bonchev–Trinajstić information content (AvgIpc) is 3.07. The molecule has 0 unspecified atom stereocenters. The Morgan fingerprint density at radius 2 is 2.06 bits per heavy atom. The minimum absolute atomic E-state index is 0.157. The molecular formula is C13H14N2O. The zero-order chi connectivity index (χ0) is 11.2. The Hall–Kier alpha value is -1.61. The number of nitrogens with two attached hydrogens (primary N) is 1. The van der Waals surface area contributed by atoms with Gasteiger partial charge in [0.05, 0.1) is 12.6 Å². The van der Waals surface area contributed by atoms with Gasteiger partial charge in [0.25, 0.3) is 0 Å². The molecule has 3 nitrogen and oxygen atoms in total. The Morgan fingerprint density at radius 1 is 1.31 bits per heavy atom. The minimum Gasteiger partial charge on any atom is -0.481 e. The number of hydrogen-bond donors (Lipinski definition) is 1.